The molecular formula is C38H47N7O9S. The zero-order chi connectivity index (χ0) is 38.6. The maximum absolute atomic E-state index is 14.5. The van der Waals surface area contributed by atoms with E-state index in [0.717, 1.165) is 51.4 Å². The first-order chi connectivity index (χ1) is 26.6. The average molecular weight is 778 g/mol. The number of nitrogens with one attached hydrogen (secondary N) is 4. The average Bonchev–Trinajstić information content (AvgIpc) is 3.54. The van der Waals surface area contributed by atoms with E-state index in [2.05, 4.69) is 37.4 Å². The molecule has 5 atom stereocenters. The van der Waals surface area contributed by atoms with Crippen LogP contribution in [0.25, 0.3) is 11.1 Å². The summed E-state index contributed by atoms with van der Waals surface area (Å²) in [6.07, 6.45) is 9.01. The summed E-state index contributed by atoms with van der Waals surface area (Å²) in [4.78, 5) is 61.5. The third-order valence-electron chi connectivity index (χ3n) is 10.9. The molecule has 3 aromatic rings. The summed E-state index contributed by atoms with van der Waals surface area (Å²) in [5.74, 6) is -2.62. The fourth-order valence-electron chi connectivity index (χ4n) is 7.84. The molecule has 16 nitrogen and oxygen atoms in total. The lowest BCUT2D eigenvalue weighted by molar-refractivity contribution is -0.141. The number of carbonyl (C=O) groups excluding carboxylic acids is 4. The van der Waals surface area contributed by atoms with Crippen LogP contribution >= 0.6 is 0 Å². The van der Waals surface area contributed by atoms with Gasteiger partial charge in [0.1, 0.15) is 34.7 Å². The van der Waals surface area contributed by atoms with Gasteiger partial charge in [-0.3, -0.25) is 14.4 Å². The highest BCUT2D eigenvalue weighted by Crippen LogP contribution is 2.45. The Morgan fingerprint density at radius 1 is 1.00 bits per heavy atom. The number of aromatic nitrogens is 2. The number of alkyl carbamates (subject to hydrolysis) is 1. The number of sulfonamides is 1. The Kier molecular flexibility index (Phi) is 11.3. The molecule has 2 saturated carbocycles. The van der Waals surface area contributed by atoms with E-state index < -0.39 is 63.5 Å². The van der Waals surface area contributed by atoms with E-state index in [1.165, 1.54) is 17.0 Å². The van der Waals surface area contributed by atoms with E-state index >= 15 is 0 Å². The van der Waals surface area contributed by atoms with Gasteiger partial charge in [0.25, 0.3) is 21.8 Å². The number of anilines is 1. The molecule has 2 aliphatic carbocycles. The van der Waals surface area contributed by atoms with Crippen LogP contribution in [0.15, 0.2) is 64.7 Å². The number of para-hydroxylation sites is 1. The first-order valence-corrected chi connectivity index (χ1v) is 20.6. The van der Waals surface area contributed by atoms with Crippen molar-refractivity contribution < 1.29 is 41.6 Å². The molecule has 4 heterocycles. The Balaban J connectivity index is 1.18. The lowest BCUT2D eigenvalue weighted by atomic mass is 10.0. The third kappa shape index (κ3) is 8.40. The number of hydrogen-bond donors (Lipinski definition) is 4. The molecule has 4 amide bonds. The van der Waals surface area contributed by atoms with Crippen molar-refractivity contribution in [2.75, 3.05) is 18.4 Å². The van der Waals surface area contributed by atoms with Crippen molar-refractivity contribution in [3.63, 3.8) is 0 Å². The van der Waals surface area contributed by atoms with Crippen molar-refractivity contribution >= 4 is 50.6 Å². The number of pyridine rings is 1. The maximum atomic E-state index is 14.5. The van der Waals surface area contributed by atoms with E-state index in [9.17, 15) is 27.6 Å². The molecule has 1 saturated heterocycles. The van der Waals surface area contributed by atoms with Crippen molar-refractivity contribution in [2.24, 2.45) is 5.92 Å². The van der Waals surface area contributed by atoms with E-state index in [1.807, 2.05) is 0 Å². The first-order valence-electron chi connectivity index (χ1n) is 19.1. The molecular weight excluding hydrogens is 731 g/mol. The van der Waals surface area contributed by atoms with Gasteiger partial charge in [0.2, 0.25) is 11.8 Å². The zero-order valence-corrected chi connectivity index (χ0v) is 31.4. The van der Waals surface area contributed by atoms with Crippen LogP contribution < -0.4 is 25.4 Å². The molecule has 0 bridgehead atoms. The first kappa shape index (κ1) is 38.1. The smallest absolute Gasteiger partial charge is 0.408 e. The Morgan fingerprint density at radius 3 is 2.56 bits per heavy atom. The van der Waals surface area contributed by atoms with Gasteiger partial charge in [-0.1, -0.05) is 43.9 Å². The van der Waals surface area contributed by atoms with Crippen LogP contribution in [0.2, 0.25) is 0 Å². The summed E-state index contributed by atoms with van der Waals surface area (Å²) in [5, 5.41) is 12.8. The Hall–Kier alpha value is -5.19. The standard InChI is InChI=1S/C38H47N7O9S/c1-2-24-22-38(24)36(48)44-55(50,51)31-18-10-9-15-27(31)39-19-11-5-3-4-6-16-28(41-37(49)53-25-13-7-8-14-25)35(47)45-23-26(21-29(45)33(46)42-38)52-34-32-30(54-43-34)17-12-20-40-32/h2,9-10,12,15,17-18,20,24-26,28-29,39H,1,3-8,11,13-14,16,19,21-23H2,(H,41,49)(H,42,46)(H,44,48)/t24-,26-,28+,29+,38-/m1/s1. The van der Waals surface area contributed by atoms with Gasteiger partial charge in [-0.2, -0.15) is 0 Å². The second kappa shape index (κ2) is 16.3. The minimum absolute atomic E-state index is 0.00814. The highest BCUT2D eigenvalue weighted by molar-refractivity contribution is 7.90. The summed E-state index contributed by atoms with van der Waals surface area (Å²) in [6.45, 7) is 4.24. The molecule has 0 unspecified atom stereocenters. The second-order valence-electron chi connectivity index (χ2n) is 14.7. The maximum Gasteiger partial charge on any atom is 0.408 e. The molecule has 0 radical (unpaired) electrons. The minimum Gasteiger partial charge on any atom is -0.469 e. The lowest BCUT2D eigenvalue weighted by Crippen LogP contribution is -2.58. The fraction of sp³-hybridized carbons (Fsp3) is 0.526. The van der Waals surface area contributed by atoms with Crippen molar-refractivity contribution in [2.45, 2.75) is 112 Å². The van der Waals surface area contributed by atoms with Crippen molar-refractivity contribution in [1.29, 1.82) is 0 Å². The number of fused-ring (bicyclic) bond motifs is 3. The van der Waals surface area contributed by atoms with Gasteiger partial charge in [-0.05, 0) is 74.4 Å². The van der Waals surface area contributed by atoms with Gasteiger partial charge in [-0.25, -0.2) is 22.9 Å². The number of amides is 4. The predicted molar refractivity (Wildman–Crippen MR) is 199 cm³/mol. The fourth-order valence-corrected chi connectivity index (χ4v) is 9.06. The predicted octanol–water partition coefficient (Wildman–Crippen LogP) is 3.94. The Bertz CT molecular complexity index is 2030. The summed E-state index contributed by atoms with van der Waals surface area (Å²) in [7, 11) is -4.38. The van der Waals surface area contributed by atoms with Crippen molar-refractivity contribution in [1.82, 2.24) is 30.4 Å². The van der Waals surface area contributed by atoms with Gasteiger partial charge in [0.15, 0.2) is 11.1 Å². The summed E-state index contributed by atoms with van der Waals surface area (Å²) >= 11 is 0. The number of carbonyl (C=O) groups is 4. The van der Waals surface area contributed by atoms with E-state index in [4.69, 9.17) is 14.0 Å². The van der Waals surface area contributed by atoms with Gasteiger partial charge in [0.05, 0.1) is 12.2 Å². The van der Waals surface area contributed by atoms with Crippen molar-refractivity contribution in [3.8, 4) is 5.88 Å². The summed E-state index contributed by atoms with van der Waals surface area (Å²) in [6, 6.07) is 7.53. The van der Waals surface area contributed by atoms with E-state index in [0.29, 0.717) is 36.2 Å². The van der Waals surface area contributed by atoms with Crippen LogP contribution in [-0.2, 0) is 29.1 Å². The second-order valence-corrected chi connectivity index (χ2v) is 16.4. The summed E-state index contributed by atoms with van der Waals surface area (Å²) in [5.41, 5.74) is -0.529. The monoisotopic (exact) mass is 777 g/mol. The molecule has 7 rings (SSSR count). The number of rotatable bonds is 5. The zero-order valence-electron chi connectivity index (χ0n) is 30.5. The SMILES string of the molecule is C=C[C@@H]1C[C@@]12NC(=O)[C@@H]1C[C@@H](Oc3noc4cccnc34)CN1C(=O)[C@@H](NC(=O)OC1CCCC1)CCCCCCCNc1ccccc1S(=O)(=O)NC2=O. The van der Waals surface area contributed by atoms with Crippen LogP contribution in [0.3, 0.4) is 0 Å². The lowest BCUT2D eigenvalue weighted by Gasteiger charge is -2.30. The van der Waals surface area contributed by atoms with Gasteiger partial charge < -0.3 is 34.8 Å². The molecule has 55 heavy (non-hydrogen) atoms. The van der Waals surface area contributed by atoms with Gasteiger partial charge >= 0.3 is 6.09 Å². The Labute approximate surface area is 319 Å². The van der Waals surface area contributed by atoms with Crippen LogP contribution in [0.1, 0.15) is 77.0 Å². The number of hydrogen-bond acceptors (Lipinski definition) is 12. The molecule has 17 heteroatoms. The largest absolute Gasteiger partial charge is 0.469 e. The van der Waals surface area contributed by atoms with Crippen LogP contribution in [-0.4, -0.2) is 90.2 Å². The molecule has 4 aliphatic rings. The van der Waals surface area contributed by atoms with Crippen molar-refractivity contribution in [3.05, 3.63) is 55.3 Å². The van der Waals surface area contributed by atoms with E-state index in [1.54, 1.807) is 36.5 Å². The molecule has 2 aromatic heterocycles. The van der Waals surface area contributed by atoms with Gasteiger partial charge in [0, 0.05) is 25.1 Å². The quantitative estimate of drug-likeness (QED) is 0.272. The highest BCUT2D eigenvalue weighted by Gasteiger charge is 2.61. The van der Waals surface area contributed by atoms with Crippen LogP contribution in [0.4, 0.5) is 10.5 Å². The van der Waals surface area contributed by atoms with Crippen LogP contribution in [0.5, 0.6) is 5.88 Å². The highest BCUT2D eigenvalue weighted by atomic mass is 32.2. The van der Waals surface area contributed by atoms with Gasteiger partial charge in [-0.15, -0.1) is 6.58 Å². The molecule has 4 N–H and O–H groups in total. The normalized spacial score (nSPS) is 27.9. The molecule has 2 aliphatic heterocycles. The molecule has 1 spiro atoms. The summed E-state index contributed by atoms with van der Waals surface area (Å²) < 4.78 is 46.8. The minimum atomic E-state index is -4.38. The number of nitrogens with zero attached hydrogens (tertiary/aromatic N) is 3. The number of benzene rings is 1. The molecule has 1 aromatic carbocycles. The Morgan fingerprint density at radius 2 is 1.76 bits per heavy atom. The van der Waals surface area contributed by atoms with E-state index in [-0.39, 0.29) is 36.3 Å². The topological polar surface area (TPSA) is 211 Å². The molecule has 3 fully saturated rings. The number of ether oxygens (including phenoxy) is 2. The van der Waals surface area contributed by atoms with Crippen LogP contribution in [0, 0.1) is 5.92 Å². The molecule has 294 valence electrons. The third-order valence-corrected chi connectivity index (χ3v) is 12.3.